The summed E-state index contributed by atoms with van der Waals surface area (Å²) in [7, 11) is 1.56. The summed E-state index contributed by atoms with van der Waals surface area (Å²) in [5, 5.41) is 2.98. The average molecular weight is 291 g/mol. The molecule has 1 heterocycles. The van der Waals surface area contributed by atoms with Gasteiger partial charge in [-0.05, 0) is 50.0 Å². The maximum absolute atomic E-state index is 12.1. The second kappa shape index (κ2) is 7.31. The third-order valence-electron chi connectivity index (χ3n) is 3.87. The fourth-order valence-corrected chi connectivity index (χ4v) is 2.72. The third kappa shape index (κ3) is 4.36. The van der Waals surface area contributed by atoms with Gasteiger partial charge in [-0.25, -0.2) is 0 Å². The van der Waals surface area contributed by atoms with Crippen molar-refractivity contribution in [3.05, 3.63) is 23.8 Å². The molecule has 0 aliphatic carbocycles. The van der Waals surface area contributed by atoms with Crippen LogP contribution in [0.4, 0.5) is 5.69 Å². The normalized spacial score (nSPS) is 16.7. The van der Waals surface area contributed by atoms with E-state index in [9.17, 15) is 4.79 Å². The van der Waals surface area contributed by atoms with Gasteiger partial charge in [0.05, 0.1) is 12.8 Å². The smallest absolute Gasteiger partial charge is 0.251 e. The summed E-state index contributed by atoms with van der Waals surface area (Å²) in [6.07, 6.45) is 2.59. The number of carbonyl (C=O) groups excluding carboxylic acids is 1. The molecule has 1 aromatic carbocycles. The highest BCUT2D eigenvalue weighted by atomic mass is 16.5. The summed E-state index contributed by atoms with van der Waals surface area (Å²) in [6.45, 7) is 6.27. The molecular formula is C16H25N3O2. The number of rotatable bonds is 6. The van der Waals surface area contributed by atoms with E-state index in [1.807, 2.05) is 0 Å². The Morgan fingerprint density at radius 1 is 1.43 bits per heavy atom. The molecule has 0 spiro atoms. The molecule has 0 bridgehead atoms. The molecule has 0 saturated carbocycles. The van der Waals surface area contributed by atoms with Gasteiger partial charge in [0, 0.05) is 18.7 Å². The Kier molecular flexibility index (Phi) is 5.44. The van der Waals surface area contributed by atoms with E-state index < -0.39 is 0 Å². The number of nitrogens with one attached hydrogen (secondary N) is 1. The second-order valence-electron chi connectivity index (χ2n) is 5.78. The maximum Gasteiger partial charge on any atom is 0.251 e. The number of carbonyl (C=O) groups is 1. The van der Waals surface area contributed by atoms with Crippen molar-refractivity contribution >= 4 is 11.6 Å². The van der Waals surface area contributed by atoms with Crippen LogP contribution >= 0.6 is 0 Å². The summed E-state index contributed by atoms with van der Waals surface area (Å²) in [5.41, 5.74) is 6.88. The molecule has 1 atom stereocenters. The summed E-state index contributed by atoms with van der Waals surface area (Å²) >= 11 is 0. The lowest BCUT2D eigenvalue weighted by molar-refractivity contribution is 0.0945. The molecule has 1 amide bonds. The van der Waals surface area contributed by atoms with Crippen molar-refractivity contribution in [2.45, 2.75) is 19.8 Å². The maximum atomic E-state index is 12.1. The van der Waals surface area contributed by atoms with Crippen molar-refractivity contribution in [2.24, 2.45) is 5.92 Å². The van der Waals surface area contributed by atoms with Gasteiger partial charge in [0.1, 0.15) is 5.75 Å². The topological polar surface area (TPSA) is 67.6 Å². The van der Waals surface area contributed by atoms with Crippen LogP contribution in [0.2, 0.25) is 0 Å². The molecule has 2 rings (SSSR count). The molecule has 5 nitrogen and oxygen atoms in total. The number of anilines is 1. The first-order valence-corrected chi connectivity index (χ1v) is 7.54. The number of nitrogen functional groups attached to an aromatic ring is 1. The fourth-order valence-electron chi connectivity index (χ4n) is 2.72. The lowest BCUT2D eigenvalue weighted by Gasteiger charge is -2.20. The molecule has 1 aliphatic rings. The Labute approximate surface area is 126 Å². The molecule has 3 N–H and O–H groups in total. The monoisotopic (exact) mass is 291 g/mol. The Bertz CT molecular complexity index is 484. The van der Waals surface area contributed by atoms with Gasteiger partial charge in [-0.2, -0.15) is 0 Å². The highest BCUT2D eigenvalue weighted by molar-refractivity contribution is 5.95. The number of amides is 1. The van der Waals surface area contributed by atoms with Gasteiger partial charge < -0.3 is 20.7 Å². The van der Waals surface area contributed by atoms with Crippen LogP contribution in [0.3, 0.4) is 0 Å². The zero-order valence-electron chi connectivity index (χ0n) is 12.9. The Morgan fingerprint density at radius 2 is 2.14 bits per heavy atom. The molecule has 5 heteroatoms. The largest absolute Gasteiger partial charge is 0.495 e. The van der Waals surface area contributed by atoms with Crippen LogP contribution < -0.4 is 15.8 Å². The molecule has 1 aliphatic heterocycles. The second-order valence-corrected chi connectivity index (χ2v) is 5.78. The lowest BCUT2D eigenvalue weighted by Crippen LogP contribution is -2.34. The van der Waals surface area contributed by atoms with Crippen LogP contribution in [-0.4, -0.2) is 44.1 Å². The SMILES string of the molecule is COc1ccc(C(=O)NCC(C)CN2CCCC2)cc1N. The van der Waals surface area contributed by atoms with Crippen LogP contribution in [0.15, 0.2) is 18.2 Å². The Morgan fingerprint density at radius 3 is 2.76 bits per heavy atom. The number of nitrogens with two attached hydrogens (primary N) is 1. The van der Waals surface area contributed by atoms with Crippen LogP contribution in [0.1, 0.15) is 30.1 Å². The highest BCUT2D eigenvalue weighted by Crippen LogP contribution is 2.21. The number of benzene rings is 1. The van der Waals surface area contributed by atoms with Gasteiger partial charge in [0.25, 0.3) is 5.91 Å². The van der Waals surface area contributed by atoms with E-state index in [1.165, 1.54) is 25.9 Å². The first-order chi connectivity index (χ1) is 10.1. The average Bonchev–Trinajstić information content (AvgIpc) is 2.97. The van der Waals surface area contributed by atoms with Crippen LogP contribution in [0.25, 0.3) is 0 Å². The van der Waals surface area contributed by atoms with E-state index in [0.717, 1.165) is 6.54 Å². The number of hydrogen-bond acceptors (Lipinski definition) is 4. The van der Waals surface area contributed by atoms with Crippen LogP contribution in [-0.2, 0) is 0 Å². The molecule has 0 aromatic heterocycles. The van der Waals surface area contributed by atoms with Gasteiger partial charge in [-0.3, -0.25) is 4.79 Å². The quantitative estimate of drug-likeness (QED) is 0.783. The summed E-state index contributed by atoms with van der Waals surface area (Å²) in [4.78, 5) is 14.6. The number of nitrogens with zero attached hydrogens (tertiary/aromatic N) is 1. The fraction of sp³-hybridized carbons (Fsp3) is 0.562. The van der Waals surface area contributed by atoms with Crippen molar-refractivity contribution in [1.29, 1.82) is 0 Å². The number of ether oxygens (including phenoxy) is 1. The standard InChI is InChI=1S/C16H25N3O2/c1-12(11-19-7-3-4-8-19)10-18-16(20)13-5-6-15(21-2)14(17)9-13/h5-6,9,12H,3-4,7-8,10-11,17H2,1-2H3,(H,18,20). The lowest BCUT2D eigenvalue weighted by atomic mass is 10.1. The third-order valence-corrected chi connectivity index (χ3v) is 3.87. The predicted octanol–water partition coefficient (Wildman–Crippen LogP) is 1.74. The Hall–Kier alpha value is -1.75. The van der Waals surface area contributed by atoms with Crippen molar-refractivity contribution in [3.8, 4) is 5.75 Å². The number of hydrogen-bond donors (Lipinski definition) is 2. The molecule has 1 saturated heterocycles. The van der Waals surface area contributed by atoms with Crippen LogP contribution in [0.5, 0.6) is 5.75 Å². The molecule has 1 fully saturated rings. The van der Waals surface area contributed by atoms with Crippen molar-refractivity contribution in [2.75, 3.05) is 39.0 Å². The van der Waals surface area contributed by atoms with Crippen molar-refractivity contribution in [3.63, 3.8) is 0 Å². The summed E-state index contributed by atoms with van der Waals surface area (Å²) < 4.78 is 5.09. The van der Waals surface area contributed by atoms with E-state index >= 15 is 0 Å². The summed E-state index contributed by atoms with van der Waals surface area (Å²) in [5.74, 6) is 0.953. The molecule has 21 heavy (non-hydrogen) atoms. The molecular weight excluding hydrogens is 266 g/mol. The minimum atomic E-state index is -0.0855. The molecule has 116 valence electrons. The Balaban J connectivity index is 1.82. The number of methoxy groups -OCH3 is 1. The van der Waals surface area contributed by atoms with Gasteiger partial charge in [0.15, 0.2) is 0 Å². The van der Waals surface area contributed by atoms with Gasteiger partial charge >= 0.3 is 0 Å². The van der Waals surface area contributed by atoms with Crippen molar-refractivity contribution < 1.29 is 9.53 Å². The zero-order chi connectivity index (χ0) is 15.2. The van der Waals surface area contributed by atoms with E-state index in [-0.39, 0.29) is 5.91 Å². The van der Waals surface area contributed by atoms with E-state index in [2.05, 4.69) is 17.1 Å². The zero-order valence-corrected chi connectivity index (χ0v) is 12.9. The first kappa shape index (κ1) is 15.6. The molecule has 0 radical (unpaired) electrons. The van der Waals surface area contributed by atoms with Crippen LogP contribution in [0, 0.1) is 5.92 Å². The molecule has 1 unspecified atom stereocenters. The van der Waals surface area contributed by atoms with Gasteiger partial charge in [-0.15, -0.1) is 0 Å². The van der Waals surface area contributed by atoms with Crippen molar-refractivity contribution in [1.82, 2.24) is 10.2 Å². The minimum Gasteiger partial charge on any atom is -0.495 e. The minimum absolute atomic E-state index is 0.0855. The highest BCUT2D eigenvalue weighted by Gasteiger charge is 2.15. The van der Waals surface area contributed by atoms with E-state index in [0.29, 0.717) is 29.5 Å². The van der Waals surface area contributed by atoms with E-state index in [4.69, 9.17) is 10.5 Å². The first-order valence-electron chi connectivity index (χ1n) is 7.54. The summed E-state index contributed by atoms with van der Waals surface area (Å²) in [6, 6.07) is 5.10. The van der Waals surface area contributed by atoms with Gasteiger partial charge in [-0.1, -0.05) is 6.92 Å². The van der Waals surface area contributed by atoms with Gasteiger partial charge in [0.2, 0.25) is 0 Å². The van der Waals surface area contributed by atoms with E-state index in [1.54, 1.807) is 25.3 Å². The predicted molar refractivity (Wildman–Crippen MR) is 84.6 cm³/mol. The number of likely N-dealkylation sites (tertiary alicyclic amines) is 1. The molecule has 1 aromatic rings.